The van der Waals surface area contributed by atoms with Crippen molar-refractivity contribution in [1.29, 1.82) is 0 Å². The van der Waals surface area contributed by atoms with Gasteiger partial charge in [0.05, 0.1) is 22.1 Å². The van der Waals surface area contributed by atoms with Crippen LogP contribution in [0.25, 0.3) is 26.4 Å². The molecule has 0 amide bonds. The van der Waals surface area contributed by atoms with Crippen LogP contribution in [0.1, 0.15) is 5.56 Å². The maximum Gasteiger partial charge on any atom is 0.195 e. The predicted molar refractivity (Wildman–Crippen MR) is 80.7 cm³/mol. The van der Waals surface area contributed by atoms with E-state index < -0.39 is 0 Å². The lowest BCUT2D eigenvalue weighted by molar-refractivity contribution is 1.29. The number of fused-ring (bicyclic) bond motifs is 3. The summed E-state index contributed by atoms with van der Waals surface area (Å²) >= 11 is 1.73. The number of aromatic nitrogens is 2. The third-order valence-corrected chi connectivity index (χ3v) is 4.42. The minimum atomic E-state index is 1.05. The molecule has 0 unspecified atom stereocenters. The first kappa shape index (κ1) is 10.8. The number of imidazole rings is 1. The van der Waals surface area contributed by atoms with Gasteiger partial charge in [-0.15, -0.1) is 0 Å². The Morgan fingerprint density at radius 2 is 1.79 bits per heavy atom. The molecular weight excluding hydrogens is 252 g/mol. The summed E-state index contributed by atoms with van der Waals surface area (Å²) in [6.45, 7) is 2.11. The summed E-state index contributed by atoms with van der Waals surface area (Å²) in [7, 11) is 0. The van der Waals surface area contributed by atoms with Gasteiger partial charge in [0.15, 0.2) is 4.96 Å². The molecule has 4 aromatic rings. The van der Waals surface area contributed by atoms with Gasteiger partial charge >= 0.3 is 0 Å². The van der Waals surface area contributed by atoms with Crippen LogP contribution in [0, 0.1) is 6.92 Å². The van der Waals surface area contributed by atoms with Gasteiger partial charge in [0.25, 0.3) is 0 Å². The first-order valence-electron chi connectivity index (χ1n) is 6.25. The number of hydrogen-bond donors (Lipinski definition) is 0. The molecule has 92 valence electrons. The predicted octanol–water partition coefficient (Wildman–Crippen LogP) is 4.52. The molecule has 4 rings (SSSR count). The molecule has 0 saturated carbocycles. The van der Waals surface area contributed by atoms with Crippen LogP contribution < -0.4 is 0 Å². The number of para-hydroxylation sites is 1. The molecule has 0 radical (unpaired) electrons. The Bertz CT molecular complexity index is 869. The van der Waals surface area contributed by atoms with Crippen LogP contribution in [0.4, 0.5) is 0 Å². The minimum absolute atomic E-state index is 1.05. The highest BCUT2D eigenvalue weighted by atomic mass is 32.1. The van der Waals surface area contributed by atoms with Gasteiger partial charge in [-0.3, -0.25) is 4.40 Å². The molecule has 0 bridgehead atoms. The fraction of sp³-hybridized carbons (Fsp3) is 0.0625. The lowest BCUT2D eigenvalue weighted by atomic mass is 10.1. The summed E-state index contributed by atoms with van der Waals surface area (Å²) in [4.78, 5) is 5.59. The van der Waals surface area contributed by atoms with Crippen molar-refractivity contribution in [1.82, 2.24) is 9.38 Å². The number of aryl methyl sites for hydroxylation is 1. The average molecular weight is 264 g/mol. The van der Waals surface area contributed by atoms with Crippen LogP contribution in [0.5, 0.6) is 0 Å². The van der Waals surface area contributed by atoms with E-state index in [9.17, 15) is 0 Å². The third-order valence-electron chi connectivity index (χ3n) is 3.38. The Labute approximate surface area is 115 Å². The van der Waals surface area contributed by atoms with E-state index in [2.05, 4.69) is 64.8 Å². The minimum Gasteiger partial charge on any atom is -0.283 e. The van der Waals surface area contributed by atoms with Gasteiger partial charge in [-0.2, -0.15) is 0 Å². The van der Waals surface area contributed by atoms with Gasteiger partial charge in [0, 0.05) is 5.56 Å². The number of thiazole rings is 1. The molecule has 3 heteroatoms. The van der Waals surface area contributed by atoms with Crippen LogP contribution in [0.15, 0.2) is 54.7 Å². The SMILES string of the molecule is Cc1ccc(-c2cnc3sc4ccccc4n23)cc1. The van der Waals surface area contributed by atoms with Crippen molar-refractivity contribution in [3.8, 4) is 11.3 Å². The molecule has 0 spiro atoms. The standard InChI is InChI=1S/C16H12N2S/c1-11-6-8-12(9-7-11)14-10-17-16-18(14)13-4-2-3-5-15(13)19-16/h2-10H,1H3. The van der Waals surface area contributed by atoms with Gasteiger partial charge in [-0.05, 0) is 19.1 Å². The van der Waals surface area contributed by atoms with Crippen molar-refractivity contribution in [3.05, 3.63) is 60.3 Å². The molecule has 0 N–H and O–H groups in total. The van der Waals surface area contributed by atoms with Gasteiger partial charge in [-0.25, -0.2) is 4.98 Å². The monoisotopic (exact) mass is 264 g/mol. The van der Waals surface area contributed by atoms with Crippen LogP contribution in [0.2, 0.25) is 0 Å². The Morgan fingerprint density at radius 3 is 2.63 bits per heavy atom. The van der Waals surface area contributed by atoms with E-state index in [-0.39, 0.29) is 0 Å². The lowest BCUT2D eigenvalue weighted by Crippen LogP contribution is -1.85. The maximum atomic E-state index is 4.54. The van der Waals surface area contributed by atoms with Crippen LogP contribution in [0.3, 0.4) is 0 Å². The van der Waals surface area contributed by atoms with E-state index in [0.717, 1.165) is 10.7 Å². The van der Waals surface area contributed by atoms with Gasteiger partial charge in [0.1, 0.15) is 0 Å². The van der Waals surface area contributed by atoms with E-state index in [4.69, 9.17) is 0 Å². The second kappa shape index (κ2) is 3.93. The number of nitrogens with zero attached hydrogens (tertiary/aromatic N) is 2. The highest BCUT2D eigenvalue weighted by Gasteiger charge is 2.11. The van der Waals surface area contributed by atoms with Crippen molar-refractivity contribution < 1.29 is 0 Å². The van der Waals surface area contributed by atoms with Crippen LogP contribution in [-0.2, 0) is 0 Å². The molecule has 0 fully saturated rings. The zero-order chi connectivity index (χ0) is 12.8. The normalized spacial score (nSPS) is 11.4. The zero-order valence-corrected chi connectivity index (χ0v) is 11.3. The smallest absolute Gasteiger partial charge is 0.195 e. The molecule has 0 aliphatic carbocycles. The molecular formula is C16H12N2S. The van der Waals surface area contributed by atoms with Gasteiger partial charge in [-0.1, -0.05) is 53.3 Å². The van der Waals surface area contributed by atoms with Crippen molar-refractivity contribution in [2.75, 3.05) is 0 Å². The summed E-state index contributed by atoms with van der Waals surface area (Å²) in [6.07, 6.45) is 1.96. The molecule has 2 aromatic carbocycles. The largest absolute Gasteiger partial charge is 0.283 e. The van der Waals surface area contributed by atoms with Crippen LogP contribution >= 0.6 is 11.3 Å². The molecule has 0 aliphatic rings. The summed E-state index contributed by atoms with van der Waals surface area (Å²) in [6, 6.07) is 17.0. The van der Waals surface area contributed by atoms with Crippen LogP contribution in [-0.4, -0.2) is 9.38 Å². The van der Waals surface area contributed by atoms with Gasteiger partial charge < -0.3 is 0 Å². The van der Waals surface area contributed by atoms with Crippen molar-refractivity contribution in [2.45, 2.75) is 6.92 Å². The molecule has 0 aliphatic heterocycles. The Kier molecular flexibility index (Phi) is 2.23. The first-order chi connectivity index (χ1) is 9.33. The fourth-order valence-corrected chi connectivity index (χ4v) is 3.39. The van der Waals surface area contributed by atoms with Gasteiger partial charge in [0.2, 0.25) is 0 Å². The van der Waals surface area contributed by atoms with E-state index in [1.807, 2.05) is 6.20 Å². The zero-order valence-electron chi connectivity index (χ0n) is 10.5. The van der Waals surface area contributed by atoms with Crippen molar-refractivity contribution >= 4 is 26.5 Å². The van der Waals surface area contributed by atoms with Crippen molar-refractivity contribution in [3.63, 3.8) is 0 Å². The van der Waals surface area contributed by atoms with Crippen molar-refractivity contribution in [2.24, 2.45) is 0 Å². The number of benzene rings is 2. The van der Waals surface area contributed by atoms with E-state index in [0.29, 0.717) is 0 Å². The Balaban J connectivity index is 2.06. The third kappa shape index (κ3) is 1.59. The Hall–Kier alpha value is -2.13. The fourth-order valence-electron chi connectivity index (χ4n) is 2.39. The summed E-state index contributed by atoms with van der Waals surface area (Å²) in [5.74, 6) is 0. The number of rotatable bonds is 1. The lowest BCUT2D eigenvalue weighted by Gasteiger charge is -2.01. The number of hydrogen-bond acceptors (Lipinski definition) is 2. The van der Waals surface area contributed by atoms with E-state index in [1.165, 1.54) is 21.3 Å². The molecule has 2 aromatic heterocycles. The quantitative estimate of drug-likeness (QED) is 0.494. The van der Waals surface area contributed by atoms with E-state index in [1.54, 1.807) is 11.3 Å². The molecule has 0 saturated heterocycles. The molecule has 0 atom stereocenters. The highest BCUT2D eigenvalue weighted by Crippen LogP contribution is 2.31. The molecule has 2 nitrogen and oxygen atoms in total. The summed E-state index contributed by atoms with van der Waals surface area (Å²) in [5.41, 5.74) is 4.88. The first-order valence-corrected chi connectivity index (χ1v) is 7.06. The second-order valence-corrected chi connectivity index (χ2v) is 5.71. The summed E-state index contributed by atoms with van der Waals surface area (Å²) < 4.78 is 3.52. The Morgan fingerprint density at radius 1 is 1.00 bits per heavy atom. The molecule has 2 heterocycles. The molecule has 19 heavy (non-hydrogen) atoms. The average Bonchev–Trinajstić information content (AvgIpc) is 2.98. The van der Waals surface area contributed by atoms with E-state index >= 15 is 0 Å². The second-order valence-electron chi connectivity index (χ2n) is 4.70. The topological polar surface area (TPSA) is 17.3 Å². The maximum absolute atomic E-state index is 4.54. The summed E-state index contributed by atoms with van der Waals surface area (Å²) in [5, 5.41) is 0. The highest BCUT2D eigenvalue weighted by molar-refractivity contribution is 7.23.